The van der Waals surface area contributed by atoms with Gasteiger partial charge in [0.15, 0.2) is 5.13 Å². The van der Waals surface area contributed by atoms with Gasteiger partial charge in [-0.25, -0.2) is 19.2 Å². The topological polar surface area (TPSA) is 54.5 Å². The first kappa shape index (κ1) is 27.5. The maximum atomic E-state index is 14.2. The summed E-state index contributed by atoms with van der Waals surface area (Å²) < 4.78 is 7.13. The molecule has 0 spiro atoms. The molecule has 0 aliphatic carbocycles. The van der Waals surface area contributed by atoms with Crippen molar-refractivity contribution in [2.75, 3.05) is 45.2 Å². The minimum Gasteiger partial charge on any atom is -0.377 e. The number of benzene rings is 3. The first-order chi connectivity index (χ1) is 18.9. The molecule has 39 heavy (non-hydrogen) atoms. The fourth-order valence-corrected chi connectivity index (χ4v) is 6.48. The molecular weight excluding hydrogens is 504 g/mol. The van der Waals surface area contributed by atoms with Crippen LogP contribution in [0.2, 0.25) is 0 Å². The smallest absolute Gasteiger partial charge is 0.377 e. The minimum atomic E-state index is 0.0615. The van der Waals surface area contributed by atoms with E-state index >= 15 is 0 Å². The number of hydrogen-bond donors (Lipinski definition) is 1. The zero-order chi connectivity index (χ0) is 27.2. The number of rotatable bonds is 10. The highest BCUT2D eigenvalue weighted by Gasteiger charge is 2.37. The molecule has 204 valence electrons. The van der Waals surface area contributed by atoms with E-state index in [1.54, 1.807) is 16.2 Å². The number of thiazole rings is 1. The van der Waals surface area contributed by atoms with E-state index in [0.29, 0.717) is 19.1 Å². The SMILES string of the molecule is CC1OCCC1NCC[N+](C)(CCC(c1ccccc1)c1ccccc1)C(=O)N(C)c1nc2ccccc2s1. The predicted octanol–water partition coefficient (Wildman–Crippen LogP) is 6.29. The second kappa shape index (κ2) is 12.4. The third-order valence-electron chi connectivity index (χ3n) is 8.02. The summed E-state index contributed by atoms with van der Waals surface area (Å²) in [6.45, 7) is 5.05. The van der Waals surface area contributed by atoms with E-state index in [0.717, 1.165) is 41.3 Å². The average molecular weight is 544 g/mol. The number of para-hydroxylation sites is 1. The summed E-state index contributed by atoms with van der Waals surface area (Å²) in [4.78, 5) is 20.8. The summed E-state index contributed by atoms with van der Waals surface area (Å²) in [7, 11) is 3.94. The van der Waals surface area contributed by atoms with Gasteiger partial charge in [0.2, 0.25) is 0 Å². The maximum Gasteiger partial charge on any atom is 0.425 e. The maximum absolute atomic E-state index is 14.2. The van der Waals surface area contributed by atoms with Crippen LogP contribution in [0, 0.1) is 0 Å². The number of carbonyl (C=O) groups excluding carboxylic acids is 1. The van der Waals surface area contributed by atoms with Crippen molar-refractivity contribution in [2.24, 2.45) is 0 Å². The van der Waals surface area contributed by atoms with Gasteiger partial charge in [-0.1, -0.05) is 84.1 Å². The van der Waals surface area contributed by atoms with Gasteiger partial charge >= 0.3 is 6.03 Å². The highest BCUT2D eigenvalue weighted by Crippen LogP contribution is 2.32. The normalized spacial score (nSPS) is 18.9. The summed E-state index contributed by atoms with van der Waals surface area (Å²) in [6.07, 6.45) is 2.06. The van der Waals surface area contributed by atoms with Crippen LogP contribution < -0.4 is 10.2 Å². The van der Waals surface area contributed by atoms with Crippen LogP contribution in [0.1, 0.15) is 36.8 Å². The van der Waals surface area contributed by atoms with E-state index < -0.39 is 0 Å². The van der Waals surface area contributed by atoms with E-state index in [9.17, 15) is 4.79 Å². The molecule has 4 aromatic rings. The van der Waals surface area contributed by atoms with Crippen molar-refractivity contribution < 1.29 is 14.0 Å². The highest BCUT2D eigenvalue weighted by molar-refractivity contribution is 7.22. The van der Waals surface area contributed by atoms with E-state index in [1.807, 2.05) is 25.2 Å². The van der Waals surface area contributed by atoms with Crippen molar-refractivity contribution in [1.29, 1.82) is 0 Å². The Morgan fingerprint density at radius 1 is 1.03 bits per heavy atom. The second-order valence-corrected chi connectivity index (χ2v) is 11.7. The number of nitrogens with zero attached hydrogens (tertiary/aromatic N) is 3. The number of amides is 2. The number of quaternary nitrogens is 1. The van der Waals surface area contributed by atoms with Crippen molar-refractivity contribution >= 4 is 32.7 Å². The van der Waals surface area contributed by atoms with Gasteiger partial charge in [-0.05, 0) is 36.6 Å². The lowest BCUT2D eigenvalue weighted by atomic mass is 9.88. The Morgan fingerprint density at radius 3 is 2.28 bits per heavy atom. The molecule has 1 aliphatic heterocycles. The second-order valence-electron chi connectivity index (χ2n) is 10.7. The number of urea groups is 1. The Hall–Kier alpha value is -3.10. The quantitative estimate of drug-likeness (QED) is 0.239. The third kappa shape index (κ3) is 6.39. The molecule has 3 unspecified atom stereocenters. The molecule has 6 nitrogen and oxygen atoms in total. The summed E-state index contributed by atoms with van der Waals surface area (Å²) in [5, 5.41) is 4.40. The summed E-state index contributed by atoms with van der Waals surface area (Å²) >= 11 is 1.56. The van der Waals surface area contributed by atoms with Crippen LogP contribution in [0.25, 0.3) is 10.2 Å². The number of hydrogen-bond acceptors (Lipinski definition) is 5. The van der Waals surface area contributed by atoms with Crippen LogP contribution in [0.3, 0.4) is 0 Å². The van der Waals surface area contributed by atoms with Gasteiger partial charge in [-0.15, -0.1) is 0 Å². The Kier molecular flexibility index (Phi) is 8.72. The lowest BCUT2D eigenvalue weighted by Crippen LogP contribution is -2.58. The largest absolute Gasteiger partial charge is 0.425 e. The first-order valence-corrected chi connectivity index (χ1v) is 14.7. The van der Waals surface area contributed by atoms with E-state index in [2.05, 4.69) is 86.0 Å². The standard InChI is InChI=1S/C32H39N4O2S/c1-24-28(19-23-38-24)33-20-22-36(3,32(37)35(2)31-34-29-16-10-11-17-30(29)39-31)21-18-27(25-12-6-4-7-13-25)26-14-8-5-9-15-26/h4-17,24,27-28,33H,18-23H2,1-3H3/q+1. The summed E-state index contributed by atoms with van der Waals surface area (Å²) in [6, 6.07) is 29.7. The van der Waals surface area contributed by atoms with Gasteiger partial charge < -0.3 is 10.1 Å². The molecule has 2 heterocycles. The molecule has 5 rings (SSSR count). The van der Waals surface area contributed by atoms with Crippen molar-refractivity contribution in [2.45, 2.75) is 37.8 Å². The van der Waals surface area contributed by atoms with Crippen molar-refractivity contribution in [3.63, 3.8) is 0 Å². The number of carbonyl (C=O) groups is 1. The molecule has 7 heteroatoms. The van der Waals surface area contributed by atoms with Gasteiger partial charge in [0, 0.05) is 38.6 Å². The fourth-order valence-electron chi connectivity index (χ4n) is 5.56. The highest BCUT2D eigenvalue weighted by atomic mass is 32.1. The van der Waals surface area contributed by atoms with Crippen molar-refractivity contribution in [3.05, 3.63) is 96.1 Å². The van der Waals surface area contributed by atoms with Crippen LogP contribution in [0.4, 0.5) is 9.93 Å². The molecule has 1 aliphatic rings. The number of likely N-dealkylation sites (N-methyl/N-ethyl adjacent to an activating group) is 1. The molecule has 0 radical (unpaired) electrons. The predicted molar refractivity (Wildman–Crippen MR) is 161 cm³/mol. The molecule has 0 bridgehead atoms. The zero-order valence-electron chi connectivity index (χ0n) is 23.1. The molecule has 0 saturated carbocycles. The van der Waals surface area contributed by atoms with Crippen LogP contribution in [0.5, 0.6) is 0 Å². The number of fused-ring (bicyclic) bond motifs is 1. The molecule has 1 saturated heterocycles. The Morgan fingerprint density at radius 2 is 1.67 bits per heavy atom. The average Bonchev–Trinajstić information content (AvgIpc) is 3.59. The first-order valence-electron chi connectivity index (χ1n) is 13.9. The molecule has 2 amide bonds. The van der Waals surface area contributed by atoms with Crippen LogP contribution in [-0.2, 0) is 4.74 Å². The van der Waals surface area contributed by atoms with Gasteiger partial charge in [-0.3, -0.25) is 0 Å². The lowest BCUT2D eigenvalue weighted by Gasteiger charge is -2.35. The van der Waals surface area contributed by atoms with Gasteiger partial charge in [0.1, 0.15) is 0 Å². The summed E-state index contributed by atoms with van der Waals surface area (Å²) in [5.74, 6) is 0.210. The van der Waals surface area contributed by atoms with Crippen LogP contribution in [0.15, 0.2) is 84.9 Å². The zero-order valence-corrected chi connectivity index (χ0v) is 23.9. The monoisotopic (exact) mass is 543 g/mol. The Bertz CT molecular complexity index is 1290. The number of ether oxygens (including phenoxy) is 1. The Labute approximate surface area is 235 Å². The van der Waals surface area contributed by atoms with Gasteiger partial charge in [-0.2, -0.15) is 0 Å². The Balaban J connectivity index is 1.39. The molecule has 1 fully saturated rings. The van der Waals surface area contributed by atoms with E-state index in [-0.39, 0.29) is 22.5 Å². The fraction of sp³-hybridized carbons (Fsp3) is 0.375. The molecule has 3 atom stereocenters. The number of anilines is 1. The van der Waals surface area contributed by atoms with Crippen molar-refractivity contribution in [1.82, 2.24) is 10.3 Å². The van der Waals surface area contributed by atoms with E-state index in [1.165, 1.54) is 11.1 Å². The minimum absolute atomic E-state index is 0.0615. The van der Waals surface area contributed by atoms with E-state index in [4.69, 9.17) is 9.72 Å². The lowest BCUT2D eigenvalue weighted by molar-refractivity contribution is -0.828. The van der Waals surface area contributed by atoms with Crippen LogP contribution in [-0.4, -0.2) is 68.0 Å². The van der Waals surface area contributed by atoms with Crippen molar-refractivity contribution in [3.8, 4) is 0 Å². The molecule has 3 aromatic carbocycles. The summed E-state index contributed by atoms with van der Waals surface area (Å²) in [5.41, 5.74) is 3.48. The van der Waals surface area contributed by atoms with Crippen LogP contribution >= 0.6 is 11.3 Å². The number of nitrogens with one attached hydrogen (secondary N) is 1. The molecular formula is C32H39N4O2S+. The van der Waals surface area contributed by atoms with Gasteiger partial charge in [0.05, 0.1) is 36.5 Å². The third-order valence-corrected chi connectivity index (χ3v) is 9.13. The number of aromatic nitrogens is 1. The molecule has 1 N–H and O–H groups in total. The molecule has 1 aromatic heterocycles. The van der Waals surface area contributed by atoms with Gasteiger partial charge in [0.25, 0.3) is 0 Å².